The van der Waals surface area contributed by atoms with E-state index in [9.17, 15) is 9.90 Å². The molecule has 0 bridgehead atoms. The number of carbonyl (C=O) groups is 1. The van der Waals surface area contributed by atoms with Crippen molar-refractivity contribution in [2.45, 2.75) is 0 Å². The molecule has 2 aromatic rings. The fraction of sp³-hybridized carbons (Fsp3) is 0. The Morgan fingerprint density at radius 2 is 1.86 bits per heavy atom. The minimum atomic E-state index is -0.312. The molecule has 0 fully saturated rings. The summed E-state index contributed by atoms with van der Waals surface area (Å²) < 4.78 is 4.88. The fourth-order valence-electron chi connectivity index (χ4n) is 1.19. The number of carbonyl (C=O) groups excluding carboxylic acids is 1. The molecule has 1 N–H and O–H groups in total. The van der Waals surface area contributed by atoms with Gasteiger partial charge < -0.3 is 9.52 Å². The molecule has 0 amide bonds. The second-order valence-corrected chi connectivity index (χ2v) is 2.83. The van der Waals surface area contributed by atoms with Crippen molar-refractivity contribution in [1.29, 1.82) is 0 Å². The van der Waals surface area contributed by atoms with Crippen molar-refractivity contribution in [3.8, 4) is 5.75 Å². The predicted octanol–water partition coefficient (Wildman–Crippen LogP) is 2.22. The third kappa shape index (κ3) is 1.40. The summed E-state index contributed by atoms with van der Waals surface area (Å²) in [4.78, 5) is 11.7. The molecular formula is C11H8O3. The number of aromatic hydroxyl groups is 1. The lowest BCUT2D eigenvalue weighted by Gasteiger charge is -1.96. The zero-order valence-corrected chi connectivity index (χ0v) is 7.31. The number of benzene rings is 1. The topological polar surface area (TPSA) is 50.4 Å². The summed E-state index contributed by atoms with van der Waals surface area (Å²) in [5, 5.41) is 9.27. The normalized spacial score (nSPS) is 10.0. The van der Waals surface area contributed by atoms with Crippen LogP contribution in [0.2, 0.25) is 0 Å². The van der Waals surface area contributed by atoms with E-state index in [1.54, 1.807) is 24.3 Å². The largest absolute Gasteiger partial charge is 0.504 e. The van der Waals surface area contributed by atoms with Gasteiger partial charge in [0.2, 0.25) is 11.5 Å². The SMILES string of the molecule is O=C(c1ccccc1)c1occc1O. The third-order valence-corrected chi connectivity index (χ3v) is 1.89. The average molecular weight is 188 g/mol. The van der Waals surface area contributed by atoms with E-state index in [4.69, 9.17) is 4.42 Å². The molecule has 0 radical (unpaired) electrons. The van der Waals surface area contributed by atoms with E-state index >= 15 is 0 Å². The van der Waals surface area contributed by atoms with E-state index in [2.05, 4.69) is 0 Å². The highest BCUT2D eigenvalue weighted by atomic mass is 16.4. The number of ketones is 1. The van der Waals surface area contributed by atoms with Gasteiger partial charge in [0.05, 0.1) is 6.26 Å². The van der Waals surface area contributed by atoms with Crippen LogP contribution in [0.1, 0.15) is 16.1 Å². The van der Waals surface area contributed by atoms with E-state index in [0.29, 0.717) is 5.56 Å². The summed E-state index contributed by atoms with van der Waals surface area (Å²) in [5.74, 6) is -0.455. The molecular weight excluding hydrogens is 180 g/mol. The summed E-state index contributed by atoms with van der Waals surface area (Å²) in [7, 11) is 0. The Labute approximate surface area is 80.6 Å². The van der Waals surface area contributed by atoms with Crippen molar-refractivity contribution in [3.63, 3.8) is 0 Å². The first-order valence-electron chi connectivity index (χ1n) is 4.15. The van der Waals surface area contributed by atoms with Crippen LogP contribution in [0.5, 0.6) is 5.75 Å². The number of hydrogen-bond donors (Lipinski definition) is 1. The molecule has 0 atom stereocenters. The van der Waals surface area contributed by atoms with Crippen LogP contribution in [0.3, 0.4) is 0 Å². The molecule has 0 saturated carbocycles. The Morgan fingerprint density at radius 3 is 2.43 bits per heavy atom. The molecule has 0 aliphatic heterocycles. The van der Waals surface area contributed by atoms with Crippen LogP contribution in [0, 0.1) is 0 Å². The van der Waals surface area contributed by atoms with Crippen molar-refractivity contribution in [3.05, 3.63) is 54.0 Å². The van der Waals surface area contributed by atoms with Gasteiger partial charge in [-0.2, -0.15) is 0 Å². The van der Waals surface area contributed by atoms with Crippen molar-refractivity contribution in [2.24, 2.45) is 0 Å². The quantitative estimate of drug-likeness (QED) is 0.735. The minimum absolute atomic E-state index is 0.0174. The number of furan rings is 1. The first kappa shape index (κ1) is 8.56. The molecule has 1 heterocycles. The first-order chi connectivity index (χ1) is 6.79. The zero-order chi connectivity index (χ0) is 9.97. The molecule has 0 aliphatic rings. The summed E-state index contributed by atoms with van der Waals surface area (Å²) in [6.45, 7) is 0. The summed E-state index contributed by atoms with van der Waals surface area (Å²) in [6, 6.07) is 10.0. The highest BCUT2D eigenvalue weighted by molar-refractivity contribution is 6.08. The minimum Gasteiger partial charge on any atom is -0.504 e. The van der Waals surface area contributed by atoms with E-state index in [-0.39, 0.29) is 17.3 Å². The molecule has 0 unspecified atom stereocenters. The Morgan fingerprint density at radius 1 is 1.14 bits per heavy atom. The van der Waals surface area contributed by atoms with Crippen LogP contribution >= 0.6 is 0 Å². The van der Waals surface area contributed by atoms with Gasteiger partial charge in [0.1, 0.15) is 0 Å². The van der Waals surface area contributed by atoms with Crippen molar-refractivity contribution < 1.29 is 14.3 Å². The van der Waals surface area contributed by atoms with E-state index in [1.165, 1.54) is 12.3 Å². The number of hydrogen-bond acceptors (Lipinski definition) is 3. The number of rotatable bonds is 2. The molecule has 0 aliphatic carbocycles. The van der Waals surface area contributed by atoms with Gasteiger partial charge in [0, 0.05) is 11.6 Å². The van der Waals surface area contributed by atoms with Gasteiger partial charge in [-0.05, 0) is 0 Å². The highest BCUT2D eigenvalue weighted by Crippen LogP contribution is 2.20. The van der Waals surface area contributed by atoms with Crippen LogP contribution in [-0.4, -0.2) is 10.9 Å². The van der Waals surface area contributed by atoms with Gasteiger partial charge in [-0.1, -0.05) is 30.3 Å². The molecule has 2 rings (SSSR count). The third-order valence-electron chi connectivity index (χ3n) is 1.89. The van der Waals surface area contributed by atoms with E-state index in [0.717, 1.165) is 0 Å². The lowest BCUT2D eigenvalue weighted by atomic mass is 10.1. The fourth-order valence-corrected chi connectivity index (χ4v) is 1.19. The second kappa shape index (κ2) is 3.38. The van der Waals surface area contributed by atoms with Gasteiger partial charge in [-0.3, -0.25) is 4.79 Å². The molecule has 0 spiro atoms. The molecule has 3 nitrogen and oxygen atoms in total. The zero-order valence-electron chi connectivity index (χ0n) is 7.31. The lowest BCUT2D eigenvalue weighted by Crippen LogP contribution is -1.98. The average Bonchev–Trinajstić information content (AvgIpc) is 2.65. The van der Waals surface area contributed by atoms with Gasteiger partial charge in [0.15, 0.2) is 5.75 Å². The van der Waals surface area contributed by atoms with Crippen molar-refractivity contribution in [2.75, 3.05) is 0 Å². The Bertz CT molecular complexity index is 443. The predicted molar refractivity (Wildman–Crippen MR) is 50.2 cm³/mol. The van der Waals surface area contributed by atoms with E-state index in [1.807, 2.05) is 6.07 Å². The summed E-state index contributed by atoms with van der Waals surface area (Å²) in [5.41, 5.74) is 0.498. The van der Waals surface area contributed by atoms with Gasteiger partial charge >= 0.3 is 0 Å². The van der Waals surface area contributed by atoms with Gasteiger partial charge in [-0.15, -0.1) is 0 Å². The standard InChI is InChI=1S/C11H8O3/c12-9-6-7-14-11(9)10(13)8-4-2-1-3-5-8/h1-7,12H. The second-order valence-electron chi connectivity index (χ2n) is 2.83. The van der Waals surface area contributed by atoms with Crippen LogP contribution in [0.15, 0.2) is 47.1 Å². The molecule has 3 heteroatoms. The highest BCUT2D eigenvalue weighted by Gasteiger charge is 2.16. The van der Waals surface area contributed by atoms with Crippen LogP contribution < -0.4 is 0 Å². The van der Waals surface area contributed by atoms with Crippen LogP contribution in [-0.2, 0) is 0 Å². The van der Waals surface area contributed by atoms with Crippen LogP contribution in [0.4, 0.5) is 0 Å². The Hall–Kier alpha value is -2.03. The van der Waals surface area contributed by atoms with Crippen molar-refractivity contribution >= 4 is 5.78 Å². The monoisotopic (exact) mass is 188 g/mol. The maximum atomic E-state index is 11.7. The van der Waals surface area contributed by atoms with E-state index < -0.39 is 0 Å². The first-order valence-corrected chi connectivity index (χ1v) is 4.15. The molecule has 70 valence electrons. The Kier molecular flexibility index (Phi) is 2.07. The summed E-state index contributed by atoms with van der Waals surface area (Å²) in [6.07, 6.45) is 1.28. The molecule has 1 aromatic carbocycles. The smallest absolute Gasteiger partial charge is 0.232 e. The van der Waals surface area contributed by atoms with Crippen LogP contribution in [0.25, 0.3) is 0 Å². The van der Waals surface area contributed by atoms with Gasteiger partial charge in [0.25, 0.3) is 0 Å². The summed E-state index contributed by atoms with van der Waals surface area (Å²) >= 11 is 0. The van der Waals surface area contributed by atoms with Crippen molar-refractivity contribution in [1.82, 2.24) is 0 Å². The Balaban J connectivity index is 2.39. The lowest BCUT2D eigenvalue weighted by molar-refractivity contribution is 0.101. The van der Waals surface area contributed by atoms with Gasteiger partial charge in [-0.25, -0.2) is 0 Å². The molecule has 0 saturated heterocycles. The molecule has 14 heavy (non-hydrogen) atoms. The maximum Gasteiger partial charge on any atom is 0.232 e. The molecule has 1 aromatic heterocycles. The maximum absolute atomic E-state index is 11.7.